The maximum Gasteiger partial charge on any atom is 0.402 e. The number of likely N-dealkylation sites (N-methyl/N-ethyl adjacent to an activating group) is 1. The molecule has 312 valence electrons. The lowest BCUT2D eigenvalue weighted by Crippen LogP contribution is -2.54. The number of aliphatic imine (C=N–C) groups is 1. The Labute approximate surface area is 327 Å². The smallest absolute Gasteiger partial charge is 0.358 e. The molecule has 0 saturated heterocycles. The Hall–Kier alpha value is -1.75. The highest BCUT2D eigenvalue weighted by atomic mass is 32.3. The zero-order valence-corrected chi connectivity index (χ0v) is 36.0. The van der Waals surface area contributed by atoms with Gasteiger partial charge in [0.2, 0.25) is 11.6 Å². The standard InChI is InChI=1S/C43H81N3O5S.H3N/c1-6-8-10-12-14-16-18-20-22-24-25-27-29-31-33-35-37-41-45-43(39-46(41)4,51-52(48,49)50-5)40(3)44-42(47)38-36-34-32-30-28-26-23-21-19-17-15-13-11-9-7-2;/h20-23,40H,6-19,24-39H2,1-5H3,(H,44,47);1H3/b22-20-,23-21-;. The lowest BCUT2D eigenvalue weighted by atomic mass is 10.1. The van der Waals surface area contributed by atoms with Gasteiger partial charge < -0.3 is 16.4 Å². The van der Waals surface area contributed by atoms with Gasteiger partial charge in [-0.2, -0.15) is 8.42 Å². The van der Waals surface area contributed by atoms with Gasteiger partial charge in [-0.3, -0.25) is 8.98 Å². The number of nitrogens with zero attached hydrogens (tertiary/aromatic N) is 2. The molecule has 0 aliphatic carbocycles. The van der Waals surface area contributed by atoms with Gasteiger partial charge >= 0.3 is 10.4 Å². The summed E-state index contributed by atoms with van der Waals surface area (Å²) < 4.78 is 35.1. The van der Waals surface area contributed by atoms with Crippen molar-refractivity contribution in [3.8, 4) is 0 Å². The number of amides is 1. The van der Waals surface area contributed by atoms with Gasteiger partial charge in [-0.05, 0) is 71.1 Å². The Morgan fingerprint density at radius 2 is 1.11 bits per heavy atom. The van der Waals surface area contributed by atoms with Gasteiger partial charge in [-0.25, -0.2) is 9.18 Å². The van der Waals surface area contributed by atoms with Crippen LogP contribution in [-0.2, 0) is 23.6 Å². The van der Waals surface area contributed by atoms with E-state index in [-0.39, 0.29) is 18.6 Å². The second-order valence-electron chi connectivity index (χ2n) is 15.2. The highest BCUT2D eigenvalue weighted by Gasteiger charge is 2.48. The Balaban J connectivity index is 0.0000270. The average Bonchev–Trinajstić information content (AvgIpc) is 3.44. The van der Waals surface area contributed by atoms with E-state index in [1.807, 2.05) is 11.9 Å². The molecule has 9 nitrogen and oxygen atoms in total. The van der Waals surface area contributed by atoms with E-state index >= 15 is 0 Å². The number of nitrogens with one attached hydrogen (secondary N) is 1. The van der Waals surface area contributed by atoms with Crippen molar-refractivity contribution in [2.24, 2.45) is 4.99 Å². The van der Waals surface area contributed by atoms with Gasteiger partial charge in [0, 0.05) is 19.9 Å². The second-order valence-corrected chi connectivity index (χ2v) is 16.5. The number of hydrogen-bond donors (Lipinski definition) is 2. The van der Waals surface area contributed by atoms with Gasteiger partial charge in [0.1, 0.15) is 5.84 Å². The molecular formula is C43H84N4O5S. The molecule has 1 amide bonds. The van der Waals surface area contributed by atoms with E-state index < -0.39 is 22.2 Å². The zero-order chi connectivity index (χ0) is 38.2. The summed E-state index contributed by atoms with van der Waals surface area (Å²) in [5.74, 6) is 0.697. The fourth-order valence-corrected chi connectivity index (χ4v) is 7.55. The van der Waals surface area contributed by atoms with Crippen molar-refractivity contribution in [3.05, 3.63) is 24.3 Å². The normalized spacial score (nSPS) is 16.8. The van der Waals surface area contributed by atoms with Crippen LogP contribution >= 0.6 is 0 Å². The molecule has 10 heteroatoms. The van der Waals surface area contributed by atoms with E-state index in [0.717, 1.165) is 57.9 Å². The van der Waals surface area contributed by atoms with E-state index in [1.165, 1.54) is 135 Å². The van der Waals surface area contributed by atoms with Crippen LogP contribution < -0.4 is 11.5 Å². The van der Waals surface area contributed by atoms with E-state index in [9.17, 15) is 13.2 Å². The van der Waals surface area contributed by atoms with Crippen LogP contribution in [0.4, 0.5) is 0 Å². The SMILES string of the molecule is CCCCCCCC/C=C\CCCCCCCCC1=NC(OS(=O)(=O)OC)(C(C)NC(=O)CCCCCCC/C=C\CCCCCCCC)CN1C.N. The Morgan fingerprint density at radius 3 is 1.55 bits per heavy atom. The summed E-state index contributed by atoms with van der Waals surface area (Å²) in [6.07, 6.45) is 43.7. The number of amidine groups is 1. The van der Waals surface area contributed by atoms with Gasteiger partial charge in [0.05, 0.1) is 19.7 Å². The fourth-order valence-electron chi connectivity index (χ4n) is 6.89. The maximum atomic E-state index is 12.9. The molecule has 1 rings (SSSR count). The van der Waals surface area contributed by atoms with Crippen LogP contribution in [-0.4, -0.2) is 57.5 Å². The minimum atomic E-state index is -4.28. The molecule has 0 saturated carbocycles. The zero-order valence-electron chi connectivity index (χ0n) is 35.2. The molecule has 0 fully saturated rings. The van der Waals surface area contributed by atoms with Gasteiger partial charge in [0.15, 0.2) is 0 Å². The Kier molecular flexibility index (Phi) is 32.5. The molecule has 0 spiro atoms. The van der Waals surface area contributed by atoms with Crippen LogP contribution in [0, 0.1) is 0 Å². The van der Waals surface area contributed by atoms with Crippen molar-refractivity contribution < 1.29 is 21.6 Å². The largest absolute Gasteiger partial charge is 0.402 e. The predicted octanol–water partition coefficient (Wildman–Crippen LogP) is 12.1. The van der Waals surface area contributed by atoms with Gasteiger partial charge in [-0.1, -0.05) is 147 Å². The van der Waals surface area contributed by atoms with Crippen LogP contribution in [0.3, 0.4) is 0 Å². The molecule has 53 heavy (non-hydrogen) atoms. The van der Waals surface area contributed by atoms with Gasteiger partial charge in [-0.15, -0.1) is 0 Å². The molecule has 1 aliphatic heterocycles. The maximum absolute atomic E-state index is 12.9. The second kappa shape index (κ2) is 33.6. The first-order chi connectivity index (χ1) is 25.2. The van der Waals surface area contributed by atoms with Crippen LogP contribution in [0.25, 0.3) is 0 Å². The molecule has 0 radical (unpaired) electrons. The highest BCUT2D eigenvalue weighted by molar-refractivity contribution is 7.81. The van der Waals surface area contributed by atoms with Crippen molar-refractivity contribution in [2.75, 3.05) is 20.7 Å². The molecule has 1 heterocycles. The third kappa shape index (κ3) is 26.7. The summed E-state index contributed by atoms with van der Waals surface area (Å²) >= 11 is 0. The number of unbranched alkanes of at least 4 members (excludes halogenated alkanes) is 23. The monoisotopic (exact) mass is 769 g/mol. The van der Waals surface area contributed by atoms with Crippen LogP contribution in [0.2, 0.25) is 0 Å². The summed E-state index contributed by atoms with van der Waals surface area (Å²) in [5.41, 5.74) is -1.46. The topological polar surface area (TPSA) is 132 Å². The summed E-state index contributed by atoms with van der Waals surface area (Å²) in [6, 6.07) is -0.646. The first-order valence-corrected chi connectivity index (χ1v) is 22.9. The molecule has 0 aromatic carbocycles. The summed E-state index contributed by atoms with van der Waals surface area (Å²) in [5, 5.41) is 2.99. The molecule has 1 aliphatic rings. The summed E-state index contributed by atoms with van der Waals surface area (Å²) in [7, 11) is -1.29. The van der Waals surface area contributed by atoms with E-state index in [0.29, 0.717) is 6.42 Å². The van der Waals surface area contributed by atoms with Crippen LogP contribution in [0.5, 0.6) is 0 Å². The van der Waals surface area contributed by atoms with Gasteiger partial charge in [0.25, 0.3) is 0 Å². The number of carbonyl (C=O) groups is 1. The van der Waals surface area contributed by atoms with Crippen molar-refractivity contribution in [3.63, 3.8) is 0 Å². The molecular weight excluding hydrogens is 685 g/mol. The predicted molar refractivity (Wildman–Crippen MR) is 226 cm³/mol. The summed E-state index contributed by atoms with van der Waals surface area (Å²) in [4.78, 5) is 19.7. The van der Waals surface area contributed by atoms with Crippen molar-refractivity contribution in [1.29, 1.82) is 0 Å². The van der Waals surface area contributed by atoms with Crippen LogP contribution in [0.1, 0.15) is 207 Å². The molecule has 2 unspecified atom stereocenters. The first kappa shape index (κ1) is 51.2. The number of allylic oxidation sites excluding steroid dienone is 4. The third-order valence-corrected chi connectivity index (χ3v) is 11.2. The van der Waals surface area contributed by atoms with Crippen molar-refractivity contribution in [2.45, 2.75) is 219 Å². The highest BCUT2D eigenvalue weighted by Crippen LogP contribution is 2.30. The minimum Gasteiger partial charge on any atom is -0.358 e. The number of rotatable bonds is 36. The van der Waals surface area contributed by atoms with E-state index in [4.69, 9.17) is 9.18 Å². The molecule has 0 aromatic rings. The lowest BCUT2D eigenvalue weighted by Gasteiger charge is -2.32. The lowest BCUT2D eigenvalue weighted by molar-refractivity contribution is -0.123. The molecule has 4 N–H and O–H groups in total. The molecule has 2 atom stereocenters. The number of hydrogen-bond acceptors (Lipinski definition) is 8. The number of carbonyl (C=O) groups excluding carboxylic acids is 1. The van der Waals surface area contributed by atoms with Crippen molar-refractivity contribution >= 4 is 22.1 Å². The summed E-state index contributed by atoms with van der Waals surface area (Å²) in [6.45, 7) is 6.52. The fraction of sp³-hybridized carbons (Fsp3) is 0.860. The minimum absolute atomic E-state index is 0. The Bertz CT molecular complexity index is 1080. The molecule has 0 aromatic heterocycles. The average molecular weight is 769 g/mol. The van der Waals surface area contributed by atoms with E-state index in [1.54, 1.807) is 6.92 Å². The first-order valence-electron chi connectivity index (χ1n) is 21.6. The quantitative estimate of drug-likeness (QED) is 0.0479. The molecule has 0 bridgehead atoms. The van der Waals surface area contributed by atoms with Crippen LogP contribution in [0.15, 0.2) is 29.3 Å². The van der Waals surface area contributed by atoms with E-state index in [2.05, 4.69) is 47.7 Å². The Morgan fingerprint density at radius 1 is 0.717 bits per heavy atom. The van der Waals surface area contributed by atoms with Crippen molar-refractivity contribution in [1.82, 2.24) is 16.4 Å². The third-order valence-electron chi connectivity index (χ3n) is 10.3.